The second kappa shape index (κ2) is 9.64. The highest BCUT2D eigenvalue weighted by molar-refractivity contribution is 7.92. The molecule has 0 saturated heterocycles. The molecule has 0 aromatic heterocycles. The number of rotatable bonds is 10. The Morgan fingerprint density at radius 2 is 1.88 bits per heavy atom. The van der Waals surface area contributed by atoms with Crippen LogP contribution in [0.4, 0.5) is 0 Å². The van der Waals surface area contributed by atoms with Crippen molar-refractivity contribution in [3.8, 4) is 5.75 Å². The zero-order valence-corrected chi connectivity index (χ0v) is 15.3. The topological polar surface area (TPSA) is 92.7 Å². The van der Waals surface area contributed by atoms with E-state index in [9.17, 15) is 18.3 Å². The standard InChI is InChI=1S/C17H27NO5S/c1-4-5-6-11-24(21,22)12-16(19)18-13(2)17(20)14-7-9-15(23-3)10-8-14/h7-10,13,17,20H,4-6,11-12H2,1-3H3,(H,18,19)/t13-,17+/m0/s1. The van der Waals surface area contributed by atoms with E-state index < -0.39 is 33.6 Å². The molecular weight excluding hydrogens is 330 g/mol. The fourth-order valence-corrected chi connectivity index (χ4v) is 3.58. The summed E-state index contributed by atoms with van der Waals surface area (Å²) in [5, 5.41) is 12.8. The zero-order chi connectivity index (χ0) is 18.2. The fourth-order valence-electron chi connectivity index (χ4n) is 2.31. The van der Waals surface area contributed by atoms with Gasteiger partial charge in [0.05, 0.1) is 25.0 Å². The van der Waals surface area contributed by atoms with Crippen molar-refractivity contribution in [2.24, 2.45) is 0 Å². The van der Waals surface area contributed by atoms with Gasteiger partial charge in [0.25, 0.3) is 0 Å². The Labute approximate surface area is 144 Å². The summed E-state index contributed by atoms with van der Waals surface area (Å²) in [6.45, 7) is 3.62. The molecule has 0 spiro atoms. The molecule has 0 bridgehead atoms. The monoisotopic (exact) mass is 357 g/mol. The van der Waals surface area contributed by atoms with Gasteiger partial charge in [-0.25, -0.2) is 8.42 Å². The number of nitrogens with one attached hydrogen (secondary N) is 1. The number of carbonyl (C=O) groups excluding carboxylic acids is 1. The number of hydrogen-bond acceptors (Lipinski definition) is 5. The molecule has 1 amide bonds. The molecule has 0 saturated carbocycles. The number of amides is 1. The van der Waals surface area contributed by atoms with E-state index in [1.165, 1.54) is 0 Å². The van der Waals surface area contributed by atoms with Crippen molar-refractivity contribution in [1.29, 1.82) is 0 Å². The molecule has 0 aliphatic rings. The van der Waals surface area contributed by atoms with Crippen molar-refractivity contribution in [2.75, 3.05) is 18.6 Å². The minimum atomic E-state index is -3.41. The van der Waals surface area contributed by atoms with Gasteiger partial charge < -0.3 is 15.2 Å². The van der Waals surface area contributed by atoms with Crippen LogP contribution in [0.15, 0.2) is 24.3 Å². The first-order valence-corrected chi connectivity index (χ1v) is 9.93. The molecule has 0 unspecified atom stereocenters. The number of unbranched alkanes of at least 4 members (excludes halogenated alkanes) is 2. The zero-order valence-electron chi connectivity index (χ0n) is 14.5. The van der Waals surface area contributed by atoms with Gasteiger partial charge in [0, 0.05) is 0 Å². The van der Waals surface area contributed by atoms with Gasteiger partial charge in [-0.05, 0) is 31.0 Å². The van der Waals surface area contributed by atoms with E-state index in [1.807, 2.05) is 6.92 Å². The number of carbonyl (C=O) groups is 1. The smallest absolute Gasteiger partial charge is 0.235 e. The Morgan fingerprint density at radius 1 is 1.25 bits per heavy atom. The van der Waals surface area contributed by atoms with Crippen molar-refractivity contribution < 1.29 is 23.1 Å². The summed E-state index contributed by atoms with van der Waals surface area (Å²) in [6, 6.07) is 6.23. The van der Waals surface area contributed by atoms with Gasteiger partial charge in [0.15, 0.2) is 9.84 Å². The highest BCUT2D eigenvalue weighted by atomic mass is 32.2. The normalized spacial score (nSPS) is 14.0. The van der Waals surface area contributed by atoms with Gasteiger partial charge >= 0.3 is 0 Å². The number of ether oxygens (including phenoxy) is 1. The number of aliphatic hydroxyl groups is 1. The Morgan fingerprint density at radius 3 is 2.42 bits per heavy atom. The molecule has 2 N–H and O–H groups in total. The van der Waals surface area contributed by atoms with Crippen molar-refractivity contribution in [2.45, 2.75) is 45.3 Å². The van der Waals surface area contributed by atoms with Crippen LogP contribution in [0.5, 0.6) is 5.75 Å². The average Bonchev–Trinajstić information content (AvgIpc) is 2.53. The van der Waals surface area contributed by atoms with Crippen LogP contribution < -0.4 is 10.1 Å². The van der Waals surface area contributed by atoms with Crippen LogP contribution in [0.25, 0.3) is 0 Å². The average molecular weight is 357 g/mol. The SMILES string of the molecule is CCCCCS(=O)(=O)CC(=O)N[C@@H](C)[C@@H](O)c1ccc(OC)cc1. The molecule has 2 atom stereocenters. The van der Waals surface area contributed by atoms with Gasteiger partial charge in [-0.2, -0.15) is 0 Å². The predicted octanol–water partition coefficient (Wildman–Crippen LogP) is 1.84. The fraction of sp³-hybridized carbons (Fsp3) is 0.588. The van der Waals surface area contributed by atoms with Gasteiger partial charge in [-0.1, -0.05) is 31.9 Å². The minimum absolute atomic E-state index is 0.0175. The first-order chi connectivity index (χ1) is 11.3. The third-order valence-electron chi connectivity index (χ3n) is 3.73. The van der Waals surface area contributed by atoms with Crippen LogP contribution in [0, 0.1) is 0 Å². The maximum atomic E-state index is 11.9. The molecule has 1 rings (SSSR count). The summed E-state index contributed by atoms with van der Waals surface area (Å²) in [6.07, 6.45) is 1.39. The van der Waals surface area contributed by atoms with E-state index in [0.717, 1.165) is 12.8 Å². The second-order valence-corrected chi connectivity index (χ2v) is 8.06. The molecule has 136 valence electrons. The Hall–Kier alpha value is -1.60. The Kier molecular flexibility index (Phi) is 8.21. The van der Waals surface area contributed by atoms with E-state index in [-0.39, 0.29) is 5.75 Å². The van der Waals surface area contributed by atoms with Crippen LogP contribution in [-0.2, 0) is 14.6 Å². The largest absolute Gasteiger partial charge is 0.497 e. The predicted molar refractivity (Wildman–Crippen MR) is 93.7 cm³/mol. The van der Waals surface area contributed by atoms with Crippen LogP contribution >= 0.6 is 0 Å². The number of sulfone groups is 1. The molecule has 0 radical (unpaired) electrons. The third kappa shape index (κ3) is 6.88. The lowest BCUT2D eigenvalue weighted by atomic mass is 10.0. The quantitative estimate of drug-likeness (QED) is 0.623. The van der Waals surface area contributed by atoms with E-state index >= 15 is 0 Å². The van der Waals surface area contributed by atoms with Crippen molar-refractivity contribution in [3.05, 3.63) is 29.8 Å². The molecule has 1 aromatic rings. The molecular formula is C17H27NO5S. The lowest BCUT2D eigenvalue weighted by Gasteiger charge is -2.21. The van der Waals surface area contributed by atoms with Crippen LogP contribution in [-0.4, -0.2) is 44.1 Å². The second-order valence-electron chi connectivity index (χ2n) is 5.87. The highest BCUT2D eigenvalue weighted by Gasteiger charge is 2.22. The lowest BCUT2D eigenvalue weighted by molar-refractivity contribution is -0.120. The minimum Gasteiger partial charge on any atom is -0.497 e. The number of benzene rings is 1. The molecule has 24 heavy (non-hydrogen) atoms. The van der Waals surface area contributed by atoms with Gasteiger partial charge in [0.2, 0.25) is 5.91 Å². The van der Waals surface area contributed by atoms with Crippen molar-refractivity contribution in [3.63, 3.8) is 0 Å². The van der Waals surface area contributed by atoms with Gasteiger partial charge in [-0.3, -0.25) is 4.79 Å². The summed E-state index contributed by atoms with van der Waals surface area (Å²) in [7, 11) is -1.86. The molecule has 0 fully saturated rings. The molecule has 6 nitrogen and oxygen atoms in total. The maximum Gasteiger partial charge on any atom is 0.235 e. The Bertz CT molecular complexity index is 612. The first-order valence-electron chi connectivity index (χ1n) is 8.11. The summed E-state index contributed by atoms with van der Waals surface area (Å²) < 4.78 is 28.8. The number of methoxy groups -OCH3 is 1. The third-order valence-corrected chi connectivity index (χ3v) is 5.34. The number of hydrogen-bond donors (Lipinski definition) is 2. The number of aliphatic hydroxyl groups excluding tert-OH is 1. The molecule has 0 aliphatic heterocycles. The van der Waals surface area contributed by atoms with Gasteiger partial charge in [-0.15, -0.1) is 0 Å². The maximum absolute atomic E-state index is 11.9. The molecule has 7 heteroatoms. The van der Waals surface area contributed by atoms with Crippen LogP contribution in [0.3, 0.4) is 0 Å². The molecule has 1 aromatic carbocycles. The summed E-state index contributed by atoms with van der Waals surface area (Å²) in [4.78, 5) is 11.9. The lowest BCUT2D eigenvalue weighted by Crippen LogP contribution is -2.40. The van der Waals surface area contributed by atoms with Crippen molar-refractivity contribution >= 4 is 15.7 Å². The molecule has 0 aliphatic carbocycles. The van der Waals surface area contributed by atoms with E-state index in [1.54, 1.807) is 38.3 Å². The van der Waals surface area contributed by atoms with Crippen LogP contribution in [0.1, 0.15) is 44.8 Å². The van der Waals surface area contributed by atoms with Crippen molar-refractivity contribution in [1.82, 2.24) is 5.32 Å². The summed E-state index contributed by atoms with van der Waals surface area (Å²) in [5.41, 5.74) is 0.620. The first kappa shape index (κ1) is 20.4. The summed E-state index contributed by atoms with van der Waals surface area (Å²) in [5.74, 6) is -0.451. The highest BCUT2D eigenvalue weighted by Crippen LogP contribution is 2.20. The Balaban J connectivity index is 2.55. The van der Waals surface area contributed by atoms with E-state index in [4.69, 9.17) is 4.74 Å². The van der Waals surface area contributed by atoms with Gasteiger partial charge in [0.1, 0.15) is 11.5 Å². The van der Waals surface area contributed by atoms with E-state index in [0.29, 0.717) is 17.7 Å². The molecule has 0 heterocycles. The van der Waals surface area contributed by atoms with E-state index in [2.05, 4.69) is 5.32 Å². The summed E-state index contributed by atoms with van der Waals surface area (Å²) >= 11 is 0. The van der Waals surface area contributed by atoms with Crippen LogP contribution in [0.2, 0.25) is 0 Å².